The van der Waals surface area contributed by atoms with Crippen LogP contribution < -0.4 is 20.7 Å². The second-order valence-corrected chi connectivity index (χ2v) is 40.9. The van der Waals surface area contributed by atoms with Crippen LogP contribution >= 0.6 is 34.9 Å². The number of allylic oxidation sites excluding steroid dienone is 1. The molecule has 32 heteroatoms. The van der Waals surface area contributed by atoms with Gasteiger partial charge in [-0.05, 0) is 229 Å². The van der Waals surface area contributed by atoms with Crippen LogP contribution in [-0.4, -0.2) is 183 Å². The molecular formula is C99H119F2N8O17S5+. The van der Waals surface area contributed by atoms with Crippen molar-refractivity contribution in [3.8, 4) is 11.8 Å². The number of rotatable bonds is 27. The van der Waals surface area contributed by atoms with Gasteiger partial charge in [-0.1, -0.05) is 129 Å². The first-order chi connectivity index (χ1) is 62.1. The molecule has 5 aliphatic rings. The van der Waals surface area contributed by atoms with Gasteiger partial charge < -0.3 is 40.2 Å². The fourth-order valence-electron chi connectivity index (χ4n) is 15.7. The number of likely N-dealkylation sites (tertiary alicyclic amines) is 1. The zero-order chi connectivity index (χ0) is 96.0. The first kappa shape index (κ1) is 105. The van der Waals surface area contributed by atoms with E-state index in [0.717, 1.165) is 137 Å². The Bertz CT molecular complexity index is 5720. The minimum absolute atomic E-state index is 0.0117. The van der Waals surface area contributed by atoms with Gasteiger partial charge >= 0.3 is 16.9 Å². The zero-order valence-corrected chi connectivity index (χ0v) is 80.5. The molecule has 700 valence electrons. The van der Waals surface area contributed by atoms with Gasteiger partial charge in [-0.3, -0.25) is 33.6 Å². The van der Waals surface area contributed by atoms with Crippen molar-refractivity contribution in [1.29, 1.82) is 5.26 Å². The highest BCUT2D eigenvalue weighted by atomic mass is 32.2. The van der Waals surface area contributed by atoms with Gasteiger partial charge in [0.15, 0.2) is 41.9 Å². The molecule has 2 aliphatic carbocycles. The molecule has 25 nitrogen and oxygen atoms in total. The van der Waals surface area contributed by atoms with Crippen LogP contribution in [-0.2, 0) is 79.9 Å². The number of methoxy groups -OCH3 is 1. The summed E-state index contributed by atoms with van der Waals surface area (Å²) >= 11 is 7.84. The van der Waals surface area contributed by atoms with Gasteiger partial charge in [-0.2, -0.15) is 5.26 Å². The molecule has 5 heterocycles. The molecule has 4 N–H and O–H groups in total. The van der Waals surface area contributed by atoms with E-state index in [4.69, 9.17) is 26.8 Å². The number of sulfonamides is 2. The van der Waals surface area contributed by atoms with Crippen molar-refractivity contribution in [3.63, 3.8) is 0 Å². The quantitative estimate of drug-likeness (QED) is 0.0161. The Morgan fingerprint density at radius 3 is 1.94 bits per heavy atom. The molecule has 3 fully saturated rings. The first-order valence-electron chi connectivity index (χ1n) is 43.9. The standard InChI is InChI=1S/C22H23NO3S.C19H26FN3O2S.C16H23NO4S.C16H23NO3S.C14H14O3.C12H9FN2O2S/c1-22(2,3)15-9-7-14(8-10-15)21(25)26-13-16(24)11-20-18(12-23)17-5-4-6-19(17)27-20;1-13(24)11-15(12-14-3-5-16(20)6-4-14)18(25)22-17-7-9-23(10-8-17)19(26)21-2;1-4-22(19,20)17-9-5-6-13(11-17)16(18)15-8-7-14(21-3)10-12(15)2;1-3-10-21(19,20)17-9-5-8-15(12-17)16(18)14-7-4-6-13(2)11-14;1-9-2-4-10(5-3-9)11-6-7-13(15)12(11)8-14(16)17;1-15(17)11-7-6-10(18-11)12(16)14-9-5-3-2-4-8(9)13/h7-10H,4-6,11,13H2,1-3H3;3-6,15,17H,7-12H2,1-2H3,(H,21,26)(H,22,25);7-8,10,13H,4-6,9,11H2,1-3H3;4,6-7,11,15H,3,5,8-10,12H2,1-2H3;2-5H,6-8H2,1H3,(H,16,17);2-7H,1H3/p+1. The minimum atomic E-state index is -3.23. The van der Waals surface area contributed by atoms with Gasteiger partial charge in [0.2, 0.25) is 26.0 Å². The Hall–Kier alpha value is -11.1. The van der Waals surface area contributed by atoms with Crippen LogP contribution in [0.1, 0.15) is 214 Å². The Kier molecular flexibility index (Phi) is 40.2. The fourth-order valence-corrected chi connectivity index (χ4v) is 20.8. The highest BCUT2D eigenvalue weighted by Crippen LogP contribution is 2.37. The number of amides is 2. The number of esters is 1. The Balaban J connectivity index is 0.000000195. The SMILES string of the molecule is CC(C)(C)c1ccc(C(=O)OCC(=O)Cc2sc3c(c2C#N)CCC3)cc1.CCCS(=O)(=O)N1CCCC(C(=O)c2cccc(C)c2)C1.CCS(=O)(=O)N1CCCC(C(=O)c2ccc(OC)cc2C)C1.CNC(=S)N1CCC(NC(=O)C(CC(C)=O)Cc2ccc(F)cc2)CC1.C[N+](=O)c1ccc(C(=O)Nc2ccccc2F)s1.Cc1ccc(C2=C(CC(=O)O)C(=O)CC2)cc1. The maximum absolute atomic E-state index is 13.3. The topological polar surface area (TPSA) is 350 Å². The molecule has 131 heavy (non-hydrogen) atoms. The largest absolute Gasteiger partial charge is 0.497 e. The van der Waals surface area contributed by atoms with Crippen molar-refractivity contribution in [1.82, 2.24) is 24.1 Å². The lowest BCUT2D eigenvalue weighted by molar-refractivity contribution is -0.423. The third kappa shape index (κ3) is 31.6. The third-order valence-corrected chi connectivity index (χ3v) is 29.6. The molecule has 3 aliphatic heterocycles. The summed E-state index contributed by atoms with van der Waals surface area (Å²) in [6, 6.07) is 45.4. The highest BCUT2D eigenvalue weighted by Gasteiger charge is 2.36. The van der Waals surface area contributed by atoms with Crippen LogP contribution in [0.4, 0.5) is 19.5 Å². The van der Waals surface area contributed by atoms with Crippen molar-refractivity contribution >= 4 is 129 Å². The molecule has 0 spiro atoms. The van der Waals surface area contributed by atoms with Crippen LogP contribution in [0.25, 0.3) is 5.57 Å². The number of benzene rings is 6. The Morgan fingerprint density at radius 1 is 0.718 bits per heavy atom. The Morgan fingerprint density at radius 2 is 1.37 bits per heavy atom. The number of carbonyl (C=O) groups excluding carboxylic acids is 8. The molecule has 2 aromatic heterocycles. The Labute approximate surface area is 780 Å². The van der Waals surface area contributed by atoms with E-state index >= 15 is 0 Å². The van der Waals surface area contributed by atoms with Crippen LogP contribution in [0.2, 0.25) is 0 Å². The number of para-hydroxylation sites is 1. The number of nitroso groups, excluding NO2 is 1. The van der Waals surface area contributed by atoms with E-state index in [9.17, 15) is 78.9 Å². The molecule has 2 amide bonds. The smallest absolute Gasteiger partial charge is 0.338 e. The number of halogens is 2. The number of thiocarbonyl (C=S) groups is 1. The number of hydrogen-bond donors (Lipinski definition) is 4. The first-order valence-corrected chi connectivity index (χ1v) is 49.1. The molecule has 13 rings (SSSR count). The lowest BCUT2D eigenvalue weighted by Crippen LogP contribution is -2.49. The zero-order valence-electron chi connectivity index (χ0n) is 76.4. The number of aliphatic carboxylic acids is 1. The number of thiophene rings is 2. The van der Waals surface area contributed by atoms with E-state index in [1.165, 1.54) is 57.8 Å². The predicted molar refractivity (Wildman–Crippen MR) is 511 cm³/mol. The van der Waals surface area contributed by atoms with Crippen LogP contribution in [0, 0.1) is 66.4 Å². The van der Waals surface area contributed by atoms with E-state index in [2.05, 4.69) is 47.7 Å². The molecule has 6 aromatic carbocycles. The van der Waals surface area contributed by atoms with Crippen molar-refractivity contribution < 1.29 is 88.1 Å². The van der Waals surface area contributed by atoms with E-state index in [0.29, 0.717) is 100 Å². The molecule has 3 atom stereocenters. The average Bonchev–Trinajstić information content (AvgIpc) is 1.72. The number of aryl methyl sites for hydroxylation is 4. The van der Waals surface area contributed by atoms with E-state index in [1.807, 2.05) is 94.4 Å². The predicted octanol–water partition coefficient (Wildman–Crippen LogP) is 17.1. The lowest BCUT2D eigenvalue weighted by Gasteiger charge is -2.34. The van der Waals surface area contributed by atoms with Crippen LogP contribution in [0.5, 0.6) is 5.75 Å². The number of Topliss-reactive ketones (excluding diaryl/α,β-unsaturated/α-hetero) is 5. The second-order valence-electron chi connectivity index (χ2n) is 33.9. The number of ketones is 5. The number of nitrogens with one attached hydrogen (secondary N) is 3. The summed E-state index contributed by atoms with van der Waals surface area (Å²) in [5.74, 6) is -2.90. The summed E-state index contributed by atoms with van der Waals surface area (Å²) in [4.78, 5) is 124. The van der Waals surface area contributed by atoms with E-state index in [-0.39, 0.29) is 107 Å². The van der Waals surface area contributed by atoms with Crippen molar-refractivity contribution in [2.75, 3.05) is 83.9 Å². The summed E-state index contributed by atoms with van der Waals surface area (Å²) in [7, 11) is -1.70. The molecule has 0 bridgehead atoms. The molecule has 3 unspecified atom stereocenters. The lowest BCUT2D eigenvalue weighted by atomic mass is 9.87. The summed E-state index contributed by atoms with van der Waals surface area (Å²) in [5, 5.41) is 27.9. The van der Waals surface area contributed by atoms with Crippen LogP contribution in [0.3, 0.4) is 0 Å². The number of ether oxygens (including phenoxy) is 2. The van der Waals surface area contributed by atoms with Crippen molar-refractivity contribution in [2.45, 2.75) is 177 Å². The minimum Gasteiger partial charge on any atom is -0.497 e. The summed E-state index contributed by atoms with van der Waals surface area (Å²) < 4.78 is 88.7. The van der Waals surface area contributed by atoms with Gasteiger partial charge in [0, 0.05) is 132 Å². The van der Waals surface area contributed by atoms with Gasteiger partial charge in [0.25, 0.3) is 5.91 Å². The number of piperidine rings is 3. The van der Waals surface area contributed by atoms with Gasteiger partial charge in [-0.15, -0.1) is 11.3 Å². The number of anilines is 1. The van der Waals surface area contributed by atoms with Crippen molar-refractivity contribution in [3.05, 3.63) is 250 Å². The maximum Gasteiger partial charge on any atom is 0.338 e. The van der Waals surface area contributed by atoms with Gasteiger partial charge in [0.05, 0.1) is 46.7 Å². The average molecular weight is 1890 g/mol. The van der Waals surface area contributed by atoms with Crippen molar-refractivity contribution in [2.24, 2.45) is 17.8 Å². The van der Waals surface area contributed by atoms with E-state index < -0.39 is 49.6 Å². The molecule has 0 saturated carbocycles. The normalized spacial score (nSPS) is 15.9. The summed E-state index contributed by atoms with van der Waals surface area (Å²) in [6.45, 7) is 20.1. The number of nitrogens with zero attached hydrogens (tertiary/aromatic N) is 5. The third-order valence-electron chi connectivity index (χ3n) is 22.9. The number of fused-ring (bicyclic) bond motifs is 1. The molecule has 8 aromatic rings. The fraction of sp³-hybridized carbons (Fsp3) is 0.424. The van der Waals surface area contributed by atoms with Crippen LogP contribution in [0.15, 0.2) is 157 Å². The number of hydrogen-bond acceptors (Lipinski definition) is 20. The number of carboxylic acids is 1. The second kappa shape index (κ2) is 50.0. The molecule has 0 radical (unpaired) electrons. The van der Waals surface area contributed by atoms with Gasteiger partial charge in [0.1, 0.15) is 29.2 Å². The number of carboxylic acid groups (broad SMARTS) is 1. The summed E-state index contributed by atoms with van der Waals surface area (Å²) in [6.07, 6.45) is 9.90. The molecular weight excluding hydrogens is 1770 g/mol. The van der Waals surface area contributed by atoms with Gasteiger partial charge in [-0.25, -0.2) is 39.0 Å². The monoisotopic (exact) mass is 1890 g/mol. The highest BCUT2D eigenvalue weighted by molar-refractivity contribution is 7.89. The molecule has 3 saturated heterocycles. The maximum atomic E-state index is 13.3. The number of carbonyl (C=O) groups is 9. The van der Waals surface area contributed by atoms with E-state index in [1.54, 1.807) is 87.0 Å². The number of nitriles is 1. The summed E-state index contributed by atoms with van der Waals surface area (Å²) in [5.41, 5.74) is 11.1.